The Balaban J connectivity index is 1.21. The third-order valence-electron chi connectivity index (χ3n) is 7.03. The van der Waals surface area contributed by atoms with E-state index in [1.54, 1.807) is 0 Å². The lowest BCUT2D eigenvalue weighted by atomic mass is 9.85. The number of nitrogens with zero attached hydrogens (tertiary/aromatic N) is 5. The molecule has 0 aromatic carbocycles. The second-order valence-electron chi connectivity index (χ2n) is 8.88. The number of aromatic nitrogens is 2. The lowest BCUT2D eigenvalue weighted by Gasteiger charge is -2.29. The maximum absolute atomic E-state index is 13.3. The van der Waals surface area contributed by atoms with Gasteiger partial charge < -0.3 is 14.2 Å². The van der Waals surface area contributed by atoms with E-state index in [0.717, 1.165) is 84.1 Å². The number of fused-ring (bicyclic) bond motifs is 1. The number of likely N-dealkylation sites (tertiary alicyclic amines) is 2. The molecule has 7 nitrogen and oxygen atoms in total. The maximum Gasteiger partial charge on any atom is 0.230 e. The van der Waals surface area contributed by atoms with Crippen LogP contribution < -0.4 is 0 Å². The van der Waals surface area contributed by atoms with Gasteiger partial charge in [-0.15, -0.1) is 0 Å². The summed E-state index contributed by atoms with van der Waals surface area (Å²) in [5.41, 5.74) is 2.18. The van der Waals surface area contributed by atoms with Crippen LogP contribution in [-0.2, 0) is 23.1 Å². The van der Waals surface area contributed by atoms with Gasteiger partial charge in [0.2, 0.25) is 5.91 Å². The number of morpholine rings is 1. The van der Waals surface area contributed by atoms with E-state index in [4.69, 9.17) is 4.74 Å². The summed E-state index contributed by atoms with van der Waals surface area (Å²) in [5, 5.41) is 1.22. The molecule has 0 N–H and O–H groups in total. The molecule has 0 bridgehead atoms. The summed E-state index contributed by atoms with van der Waals surface area (Å²) < 4.78 is 7.53. The second-order valence-corrected chi connectivity index (χ2v) is 8.88. The zero-order chi connectivity index (χ0) is 19.8. The summed E-state index contributed by atoms with van der Waals surface area (Å²) in [4.78, 5) is 24.7. The molecule has 156 valence electrons. The van der Waals surface area contributed by atoms with Gasteiger partial charge in [0.15, 0.2) is 0 Å². The van der Waals surface area contributed by atoms with Crippen LogP contribution in [0.2, 0.25) is 0 Å². The summed E-state index contributed by atoms with van der Waals surface area (Å²) in [6.07, 6.45) is 6.03. The minimum atomic E-state index is -0.159. The van der Waals surface area contributed by atoms with E-state index in [1.807, 2.05) is 12.3 Å². The van der Waals surface area contributed by atoms with Gasteiger partial charge >= 0.3 is 0 Å². The minimum Gasteiger partial charge on any atom is -0.379 e. The molecule has 29 heavy (non-hydrogen) atoms. The third-order valence-corrected chi connectivity index (χ3v) is 7.03. The van der Waals surface area contributed by atoms with Crippen molar-refractivity contribution in [1.82, 2.24) is 24.3 Å². The summed E-state index contributed by atoms with van der Waals surface area (Å²) in [6.45, 7) is 9.12. The fraction of sp³-hybridized carbons (Fsp3) is 0.636. The van der Waals surface area contributed by atoms with Crippen LogP contribution in [0.25, 0.3) is 11.0 Å². The predicted octanol–water partition coefficient (Wildman–Crippen LogP) is 1.33. The largest absolute Gasteiger partial charge is 0.379 e. The zero-order valence-electron chi connectivity index (χ0n) is 17.3. The second kappa shape index (κ2) is 7.70. The Morgan fingerprint density at radius 2 is 1.93 bits per heavy atom. The average molecular weight is 398 g/mol. The monoisotopic (exact) mass is 397 g/mol. The summed E-state index contributed by atoms with van der Waals surface area (Å²) in [5.74, 6) is 0.382. The van der Waals surface area contributed by atoms with Crippen LogP contribution >= 0.6 is 0 Å². The van der Waals surface area contributed by atoms with Crippen LogP contribution in [0.15, 0.2) is 24.5 Å². The lowest BCUT2D eigenvalue weighted by molar-refractivity contribution is -0.135. The van der Waals surface area contributed by atoms with Crippen molar-refractivity contribution in [2.75, 3.05) is 59.0 Å². The van der Waals surface area contributed by atoms with Gasteiger partial charge in [0.1, 0.15) is 5.65 Å². The first-order chi connectivity index (χ1) is 14.1. The first-order valence-corrected chi connectivity index (χ1v) is 10.9. The van der Waals surface area contributed by atoms with Gasteiger partial charge in [0.25, 0.3) is 0 Å². The molecular weight excluding hydrogens is 366 g/mol. The summed E-state index contributed by atoms with van der Waals surface area (Å²) in [7, 11) is 2.05. The average Bonchev–Trinajstić information content (AvgIpc) is 3.40. The number of pyridine rings is 1. The molecule has 3 fully saturated rings. The third kappa shape index (κ3) is 3.56. The quantitative estimate of drug-likeness (QED) is 0.762. The number of amides is 1. The van der Waals surface area contributed by atoms with E-state index in [0.29, 0.717) is 5.91 Å². The minimum absolute atomic E-state index is 0.159. The molecule has 3 aliphatic rings. The Bertz CT molecular complexity index is 890. The Labute approximate surface area is 172 Å². The van der Waals surface area contributed by atoms with Gasteiger partial charge in [-0.25, -0.2) is 4.98 Å². The fourth-order valence-corrected chi connectivity index (χ4v) is 5.32. The number of hydrogen-bond acceptors (Lipinski definition) is 5. The molecule has 0 aliphatic carbocycles. The smallest absolute Gasteiger partial charge is 0.230 e. The number of aryl methyl sites for hydroxylation is 1. The van der Waals surface area contributed by atoms with E-state index in [1.165, 1.54) is 10.9 Å². The van der Waals surface area contributed by atoms with Crippen LogP contribution in [0.4, 0.5) is 0 Å². The number of rotatable bonds is 5. The first kappa shape index (κ1) is 19.0. The van der Waals surface area contributed by atoms with E-state index in [2.05, 4.69) is 43.6 Å². The standard InChI is InChI=1S/C22H31N5O2/c1-24-15-18(19-3-2-6-23-20(19)24)16-26-7-4-22(17-26)5-8-27(21(22)28)10-9-25-11-13-29-14-12-25/h2-3,6,15H,4-5,7-14,16-17H2,1H3. The van der Waals surface area contributed by atoms with Gasteiger partial charge in [-0.05, 0) is 37.1 Å². The molecule has 1 unspecified atom stereocenters. The van der Waals surface area contributed by atoms with Crippen LogP contribution in [0.3, 0.4) is 0 Å². The fourth-order valence-electron chi connectivity index (χ4n) is 5.32. The van der Waals surface area contributed by atoms with Gasteiger partial charge in [0.05, 0.1) is 18.6 Å². The van der Waals surface area contributed by atoms with E-state index in [-0.39, 0.29) is 5.41 Å². The van der Waals surface area contributed by atoms with Gasteiger partial charge in [-0.2, -0.15) is 0 Å². The van der Waals surface area contributed by atoms with Crippen molar-refractivity contribution in [1.29, 1.82) is 0 Å². The lowest BCUT2D eigenvalue weighted by Crippen LogP contribution is -2.43. The van der Waals surface area contributed by atoms with Crippen LogP contribution in [0, 0.1) is 5.41 Å². The van der Waals surface area contributed by atoms with Gasteiger partial charge in [-0.3, -0.25) is 14.6 Å². The molecule has 2 aromatic heterocycles. The number of carbonyl (C=O) groups is 1. The number of ether oxygens (including phenoxy) is 1. The molecule has 3 aliphatic heterocycles. The first-order valence-electron chi connectivity index (χ1n) is 10.9. The normalized spacial score (nSPS) is 26.4. The van der Waals surface area contributed by atoms with Gasteiger partial charge in [0, 0.05) is 70.6 Å². The maximum atomic E-state index is 13.3. The Morgan fingerprint density at radius 1 is 1.10 bits per heavy atom. The molecule has 0 saturated carbocycles. The van der Waals surface area contributed by atoms with Crippen molar-refractivity contribution < 1.29 is 9.53 Å². The Hall–Kier alpha value is -1.96. The summed E-state index contributed by atoms with van der Waals surface area (Å²) >= 11 is 0. The van der Waals surface area contributed by atoms with E-state index in [9.17, 15) is 4.79 Å². The number of hydrogen-bond donors (Lipinski definition) is 0. The predicted molar refractivity (Wildman–Crippen MR) is 111 cm³/mol. The SMILES string of the molecule is Cn1cc(CN2CCC3(CCN(CCN4CCOCC4)C3=O)C2)c2cccnc21. The molecule has 1 amide bonds. The van der Waals surface area contributed by atoms with Crippen molar-refractivity contribution in [2.45, 2.75) is 19.4 Å². The summed E-state index contributed by atoms with van der Waals surface area (Å²) in [6, 6.07) is 4.15. The zero-order valence-corrected chi connectivity index (χ0v) is 17.3. The van der Waals surface area contributed by atoms with Crippen LogP contribution in [0.5, 0.6) is 0 Å². The highest BCUT2D eigenvalue weighted by Crippen LogP contribution is 2.41. The molecule has 5 rings (SSSR count). The van der Waals surface area contributed by atoms with Crippen molar-refractivity contribution >= 4 is 16.9 Å². The number of carbonyl (C=O) groups excluding carboxylic acids is 1. The van der Waals surface area contributed by atoms with Crippen LogP contribution in [-0.4, -0.2) is 89.2 Å². The molecule has 3 saturated heterocycles. The molecule has 2 aromatic rings. The molecule has 0 radical (unpaired) electrons. The van der Waals surface area contributed by atoms with E-state index >= 15 is 0 Å². The molecule has 5 heterocycles. The van der Waals surface area contributed by atoms with E-state index < -0.39 is 0 Å². The Morgan fingerprint density at radius 3 is 2.79 bits per heavy atom. The highest BCUT2D eigenvalue weighted by Gasteiger charge is 2.50. The van der Waals surface area contributed by atoms with Crippen LogP contribution in [0.1, 0.15) is 18.4 Å². The van der Waals surface area contributed by atoms with Crippen molar-refractivity contribution in [3.8, 4) is 0 Å². The Kier molecular flexibility index (Phi) is 5.05. The molecule has 7 heteroatoms. The highest BCUT2D eigenvalue weighted by atomic mass is 16.5. The van der Waals surface area contributed by atoms with Crippen molar-refractivity contribution in [3.63, 3.8) is 0 Å². The molecule has 1 atom stereocenters. The highest BCUT2D eigenvalue weighted by molar-refractivity contribution is 5.85. The van der Waals surface area contributed by atoms with Crippen molar-refractivity contribution in [2.24, 2.45) is 12.5 Å². The van der Waals surface area contributed by atoms with Gasteiger partial charge in [-0.1, -0.05) is 0 Å². The topological polar surface area (TPSA) is 53.8 Å². The molecule has 1 spiro atoms. The molecular formula is C22H31N5O2. The van der Waals surface area contributed by atoms with Crippen molar-refractivity contribution in [3.05, 3.63) is 30.1 Å².